The van der Waals surface area contributed by atoms with Crippen molar-refractivity contribution in [3.8, 4) is 11.8 Å². The van der Waals surface area contributed by atoms with Crippen LogP contribution in [0, 0.1) is 11.8 Å². The van der Waals surface area contributed by atoms with Gasteiger partial charge >= 0.3 is 12.3 Å². The zero-order valence-corrected chi connectivity index (χ0v) is 14.2. The van der Waals surface area contributed by atoms with E-state index in [2.05, 4.69) is 11.8 Å². The lowest BCUT2D eigenvalue weighted by Crippen LogP contribution is -2.37. The molecule has 1 aromatic carbocycles. The third-order valence-electron chi connectivity index (χ3n) is 3.51. The summed E-state index contributed by atoms with van der Waals surface area (Å²) in [5.74, 6) is 4.98. The van der Waals surface area contributed by atoms with Crippen LogP contribution in [0.15, 0.2) is 24.3 Å². The Morgan fingerprint density at radius 1 is 1.20 bits per heavy atom. The Kier molecular flexibility index (Phi) is 5.03. The fraction of sp³-hybridized carbons (Fsp3) is 0.500. The quantitative estimate of drug-likeness (QED) is 0.509. The number of rotatable bonds is 0. The van der Waals surface area contributed by atoms with E-state index in [0.29, 0.717) is 0 Å². The van der Waals surface area contributed by atoms with Crippen molar-refractivity contribution in [2.75, 3.05) is 13.1 Å². The number of nitrogens with zero attached hydrogens (tertiary/aromatic N) is 1. The molecule has 1 unspecified atom stereocenters. The molecule has 2 rings (SSSR count). The molecule has 0 saturated carbocycles. The Hall–Kier alpha value is -2.23. The number of ether oxygens (including phenoxy) is 1. The van der Waals surface area contributed by atoms with Gasteiger partial charge in [0.05, 0.1) is 12.1 Å². The number of amides is 1. The lowest BCUT2D eigenvalue weighted by molar-refractivity contribution is -0.137. The minimum Gasteiger partial charge on any atom is -0.444 e. The highest BCUT2D eigenvalue weighted by molar-refractivity contribution is 5.69. The normalized spacial score (nSPS) is 20.8. The summed E-state index contributed by atoms with van der Waals surface area (Å²) in [5, 5.41) is 0. The predicted octanol–water partition coefficient (Wildman–Crippen LogP) is 4.41. The van der Waals surface area contributed by atoms with Gasteiger partial charge in [-0.2, -0.15) is 13.2 Å². The molecule has 1 aromatic rings. The van der Waals surface area contributed by atoms with Crippen molar-refractivity contribution >= 4 is 6.09 Å². The predicted molar refractivity (Wildman–Crippen MR) is 84.6 cm³/mol. The minimum absolute atomic E-state index is 0.0277. The molecule has 1 aliphatic heterocycles. The molecule has 0 aliphatic carbocycles. The topological polar surface area (TPSA) is 29.5 Å². The van der Waals surface area contributed by atoms with E-state index in [4.69, 9.17) is 4.74 Å². The number of alkyl halides is 4. The van der Waals surface area contributed by atoms with Gasteiger partial charge in [0.1, 0.15) is 5.60 Å². The van der Waals surface area contributed by atoms with Gasteiger partial charge in [0.15, 0.2) is 5.67 Å². The van der Waals surface area contributed by atoms with Crippen molar-refractivity contribution in [3.05, 3.63) is 35.4 Å². The maximum atomic E-state index is 14.7. The highest BCUT2D eigenvalue weighted by atomic mass is 19.4. The van der Waals surface area contributed by atoms with Crippen molar-refractivity contribution in [1.29, 1.82) is 0 Å². The molecule has 7 heteroatoms. The molecule has 0 spiro atoms. The Balaban J connectivity index is 2.04. The molecular weight excluding hydrogens is 338 g/mol. The molecule has 1 saturated heterocycles. The van der Waals surface area contributed by atoms with Gasteiger partial charge in [0.2, 0.25) is 0 Å². The smallest absolute Gasteiger partial charge is 0.416 e. The molecular formula is C18H19F4NO2. The number of likely N-dealkylation sites (tertiary alicyclic amines) is 1. The van der Waals surface area contributed by atoms with E-state index in [9.17, 15) is 22.4 Å². The summed E-state index contributed by atoms with van der Waals surface area (Å²) < 4.78 is 57.4. The molecule has 1 fully saturated rings. The Morgan fingerprint density at radius 2 is 1.80 bits per heavy atom. The SMILES string of the molecule is CC(C)(C)OC(=O)N1CCC(F)(C#Cc2ccc(C(F)(F)F)cc2)C1. The second kappa shape index (κ2) is 6.58. The van der Waals surface area contributed by atoms with Gasteiger partial charge in [-0.1, -0.05) is 11.8 Å². The van der Waals surface area contributed by atoms with Gasteiger partial charge < -0.3 is 9.64 Å². The van der Waals surface area contributed by atoms with E-state index in [0.717, 1.165) is 12.1 Å². The Morgan fingerprint density at radius 3 is 2.32 bits per heavy atom. The number of carbonyl (C=O) groups is 1. The van der Waals surface area contributed by atoms with Crippen LogP contribution in [0.4, 0.5) is 22.4 Å². The molecule has 3 nitrogen and oxygen atoms in total. The summed E-state index contributed by atoms with van der Waals surface area (Å²) in [4.78, 5) is 13.2. The zero-order chi connectivity index (χ0) is 18.9. The summed E-state index contributed by atoms with van der Waals surface area (Å²) >= 11 is 0. The van der Waals surface area contributed by atoms with Gasteiger partial charge in [0, 0.05) is 18.5 Å². The highest BCUT2D eigenvalue weighted by Crippen LogP contribution is 2.29. The molecule has 1 heterocycles. The molecule has 1 aliphatic rings. The molecule has 0 bridgehead atoms. The molecule has 0 radical (unpaired) electrons. The summed E-state index contributed by atoms with van der Waals surface area (Å²) in [6.07, 6.45) is -5.00. The van der Waals surface area contributed by atoms with E-state index in [1.807, 2.05) is 0 Å². The fourth-order valence-electron chi connectivity index (χ4n) is 2.28. The lowest BCUT2D eigenvalue weighted by atomic mass is 10.1. The molecule has 1 atom stereocenters. The van der Waals surface area contributed by atoms with Crippen LogP contribution in [-0.4, -0.2) is 35.4 Å². The van der Waals surface area contributed by atoms with Crippen molar-refractivity contribution in [2.45, 2.75) is 44.6 Å². The van der Waals surface area contributed by atoms with Crippen LogP contribution in [0.1, 0.15) is 38.3 Å². The number of carbonyl (C=O) groups excluding carboxylic acids is 1. The number of halogens is 4. The Labute approximate surface area is 144 Å². The van der Waals surface area contributed by atoms with E-state index in [1.54, 1.807) is 20.8 Å². The summed E-state index contributed by atoms with van der Waals surface area (Å²) in [6.45, 7) is 5.10. The third kappa shape index (κ3) is 5.38. The number of hydrogen-bond acceptors (Lipinski definition) is 2. The zero-order valence-electron chi connectivity index (χ0n) is 14.2. The van der Waals surface area contributed by atoms with E-state index >= 15 is 0 Å². The third-order valence-corrected chi connectivity index (χ3v) is 3.51. The van der Waals surface area contributed by atoms with Crippen molar-refractivity contribution in [1.82, 2.24) is 4.90 Å². The van der Waals surface area contributed by atoms with Crippen LogP contribution in [0.3, 0.4) is 0 Å². The number of benzene rings is 1. The second-order valence-electron chi connectivity index (χ2n) is 6.94. The Bertz CT molecular complexity index is 695. The van der Waals surface area contributed by atoms with Gasteiger partial charge in [-0.25, -0.2) is 9.18 Å². The highest BCUT2D eigenvalue weighted by Gasteiger charge is 2.40. The van der Waals surface area contributed by atoms with Gasteiger partial charge in [-0.15, -0.1) is 0 Å². The fourth-order valence-corrected chi connectivity index (χ4v) is 2.28. The van der Waals surface area contributed by atoms with Gasteiger partial charge in [0.25, 0.3) is 0 Å². The molecule has 136 valence electrons. The van der Waals surface area contributed by atoms with E-state index in [-0.39, 0.29) is 25.1 Å². The van der Waals surface area contributed by atoms with Crippen LogP contribution in [0.25, 0.3) is 0 Å². The monoisotopic (exact) mass is 357 g/mol. The van der Waals surface area contributed by atoms with E-state index in [1.165, 1.54) is 17.0 Å². The van der Waals surface area contributed by atoms with E-state index < -0.39 is 29.1 Å². The van der Waals surface area contributed by atoms with Crippen molar-refractivity contribution < 1.29 is 27.1 Å². The van der Waals surface area contributed by atoms with Crippen LogP contribution < -0.4 is 0 Å². The first kappa shape index (κ1) is 19.1. The van der Waals surface area contributed by atoms with Crippen molar-refractivity contribution in [2.24, 2.45) is 0 Å². The van der Waals surface area contributed by atoms with Gasteiger partial charge in [-0.3, -0.25) is 0 Å². The maximum absolute atomic E-state index is 14.7. The maximum Gasteiger partial charge on any atom is 0.416 e. The summed E-state index contributed by atoms with van der Waals surface area (Å²) in [5.41, 5.74) is -3.09. The van der Waals surface area contributed by atoms with Crippen molar-refractivity contribution in [3.63, 3.8) is 0 Å². The summed E-state index contributed by atoms with van der Waals surface area (Å²) in [7, 11) is 0. The van der Waals surface area contributed by atoms with Crippen LogP contribution in [-0.2, 0) is 10.9 Å². The first-order chi connectivity index (χ1) is 11.4. The lowest BCUT2D eigenvalue weighted by Gasteiger charge is -2.24. The molecule has 25 heavy (non-hydrogen) atoms. The standard InChI is InChI=1S/C18H19F4NO2/c1-16(2,3)25-15(24)23-11-10-17(19,12-23)9-8-13-4-6-14(7-5-13)18(20,21)22/h4-7H,10-12H2,1-3H3. The minimum atomic E-state index is -4.42. The first-order valence-corrected chi connectivity index (χ1v) is 7.75. The van der Waals surface area contributed by atoms with Crippen LogP contribution in [0.2, 0.25) is 0 Å². The average molecular weight is 357 g/mol. The van der Waals surface area contributed by atoms with Crippen LogP contribution in [0.5, 0.6) is 0 Å². The molecule has 0 N–H and O–H groups in total. The van der Waals surface area contributed by atoms with Gasteiger partial charge in [-0.05, 0) is 45.0 Å². The van der Waals surface area contributed by atoms with Crippen LogP contribution >= 0.6 is 0 Å². The molecule has 0 aromatic heterocycles. The first-order valence-electron chi connectivity index (χ1n) is 7.75. The summed E-state index contributed by atoms with van der Waals surface area (Å²) in [6, 6.07) is 4.19. The number of hydrogen-bond donors (Lipinski definition) is 0. The molecule has 1 amide bonds. The largest absolute Gasteiger partial charge is 0.444 e. The average Bonchev–Trinajstić information content (AvgIpc) is 2.86. The second-order valence-corrected chi connectivity index (χ2v) is 6.94.